The van der Waals surface area contributed by atoms with Crippen LogP contribution in [0.3, 0.4) is 0 Å². The van der Waals surface area contributed by atoms with Gasteiger partial charge in [-0.2, -0.15) is 0 Å². The van der Waals surface area contributed by atoms with Crippen LogP contribution in [0.1, 0.15) is 38.3 Å². The zero-order chi connectivity index (χ0) is 28.3. The minimum Gasteiger partial charge on any atom is -0.456 e. The number of carbonyl (C=O) groups excluding carboxylic acids is 1. The standard InChI is InChI=1S/C34H35N5O2/c1-23-9-10-25(34(40)36-28-12-11-27(24(2)18-28)22-39-16-14-38(3)15-17-39)19-32(23)41-33-20-31(26-6-5-13-35-21-26)37-30-8-4-7-29(30)33/h4-7,9-13,18-21H,8,14-17,22H2,1-3H3,(H,36,40). The van der Waals surface area contributed by atoms with Crippen molar-refractivity contribution in [3.8, 4) is 22.8 Å². The number of aryl methyl sites for hydroxylation is 2. The van der Waals surface area contributed by atoms with Gasteiger partial charge in [-0.15, -0.1) is 0 Å². The summed E-state index contributed by atoms with van der Waals surface area (Å²) in [5.74, 6) is 1.19. The molecule has 7 nitrogen and oxygen atoms in total. The second-order valence-electron chi connectivity index (χ2n) is 11.0. The second kappa shape index (κ2) is 11.6. The van der Waals surface area contributed by atoms with Gasteiger partial charge in [0.2, 0.25) is 0 Å². The third-order valence-corrected chi connectivity index (χ3v) is 7.91. The number of amides is 1. The molecule has 1 aliphatic heterocycles. The van der Waals surface area contributed by atoms with E-state index < -0.39 is 0 Å². The first-order chi connectivity index (χ1) is 19.9. The molecule has 0 unspecified atom stereocenters. The lowest BCUT2D eigenvalue weighted by Crippen LogP contribution is -2.43. The molecule has 1 amide bonds. The Morgan fingerprint density at radius 2 is 1.83 bits per heavy atom. The number of allylic oxidation sites excluding steroid dienone is 1. The van der Waals surface area contributed by atoms with Crippen LogP contribution in [0.25, 0.3) is 17.3 Å². The van der Waals surface area contributed by atoms with Crippen LogP contribution in [-0.4, -0.2) is 58.9 Å². The predicted molar refractivity (Wildman–Crippen MR) is 163 cm³/mol. The maximum Gasteiger partial charge on any atom is 0.255 e. The van der Waals surface area contributed by atoms with Gasteiger partial charge >= 0.3 is 0 Å². The summed E-state index contributed by atoms with van der Waals surface area (Å²) in [6.45, 7) is 9.39. The van der Waals surface area contributed by atoms with E-state index in [0.717, 1.165) is 78.7 Å². The molecule has 2 aromatic carbocycles. The van der Waals surface area contributed by atoms with E-state index in [0.29, 0.717) is 11.3 Å². The van der Waals surface area contributed by atoms with E-state index in [2.05, 4.69) is 52.3 Å². The summed E-state index contributed by atoms with van der Waals surface area (Å²) in [4.78, 5) is 27.2. The summed E-state index contributed by atoms with van der Waals surface area (Å²) in [5.41, 5.74) is 8.44. The molecule has 0 atom stereocenters. The van der Waals surface area contributed by atoms with Gasteiger partial charge in [0, 0.05) is 80.0 Å². The van der Waals surface area contributed by atoms with Gasteiger partial charge in [0.25, 0.3) is 5.91 Å². The zero-order valence-corrected chi connectivity index (χ0v) is 23.9. The van der Waals surface area contributed by atoms with E-state index in [-0.39, 0.29) is 5.91 Å². The number of hydrogen-bond donors (Lipinski definition) is 1. The van der Waals surface area contributed by atoms with Crippen LogP contribution in [0.15, 0.2) is 73.1 Å². The lowest BCUT2D eigenvalue weighted by Gasteiger charge is -2.32. The highest BCUT2D eigenvalue weighted by Gasteiger charge is 2.19. The van der Waals surface area contributed by atoms with Crippen molar-refractivity contribution in [3.05, 3.63) is 107 Å². The molecule has 7 heteroatoms. The van der Waals surface area contributed by atoms with E-state index in [1.165, 1.54) is 11.1 Å². The predicted octanol–water partition coefficient (Wildman–Crippen LogP) is 6.12. The maximum absolute atomic E-state index is 13.3. The number of aromatic nitrogens is 2. The molecule has 208 valence electrons. The molecule has 0 radical (unpaired) electrons. The Bertz CT molecular complexity index is 1610. The Kier molecular flexibility index (Phi) is 7.63. The lowest BCUT2D eigenvalue weighted by molar-refractivity contribution is 0.102. The fourth-order valence-corrected chi connectivity index (χ4v) is 5.32. The normalized spacial score (nSPS) is 15.1. The Labute approximate surface area is 241 Å². The van der Waals surface area contributed by atoms with Crippen molar-refractivity contribution in [2.45, 2.75) is 26.8 Å². The Morgan fingerprint density at radius 1 is 0.976 bits per heavy atom. The summed E-state index contributed by atoms with van der Waals surface area (Å²) in [7, 11) is 2.17. The average molecular weight is 546 g/mol. The van der Waals surface area contributed by atoms with Gasteiger partial charge in [0.15, 0.2) is 0 Å². The summed E-state index contributed by atoms with van der Waals surface area (Å²) >= 11 is 0. The highest BCUT2D eigenvalue weighted by atomic mass is 16.5. The van der Waals surface area contributed by atoms with Crippen molar-refractivity contribution in [2.75, 3.05) is 38.5 Å². The minimum atomic E-state index is -0.169. The highest BCUT2D eigenvalue weighted by molar-refractivity contribution is 6.04. The number of ether oxygens (including phenoxy) is 1. The van der Waals surface area contributed by atoms with Crippen molar-refractivity contribution in [1.82, 2.24) is 19.8 Å². The number of carbonyl (C=O) groups is 1. The molecule has 2 aromatic heterocycles. The highest BCUT2D eigenvalue weighted by Crippen LogP contribution is 2.36. The minimum absolute atomic E-state index is 0.169. The fourth-order valence-electron chi connectivity index (χ4n) is 5.32. The largest absolute Gasteiger partial charge is 0.456 e. The summed E-state index contributed by atoms with van der Waals surface area (Å²) < 4.78 is 6.47. The van der Waals surface area contributed by atoms with Crippen molar-refractivity contribution >= 4 is 17.7 Å². The number of nitrogens with zero attached hydrogens (tertiary/aromatic N) is 4. The molecule has 1 aliphatic carbocycles. The Hall–Kier alpha value is -4.33. The van der Waals surface area contributed by atoms with Crippen LogP contribution in [0.4, 0.5) is 5.69 Å². The molecule has 0 bridgehead atoms. The van der Waals surface area contributed by atoms with Gasteiger partial charge in [0.05, 0.1) is 11.4 Å². The average Bonchev–Trinajstić information content (AvgIpc) is 3.46. The Morgan fingerprint density at radius 3 is 2.61 bits per heavy atom. The number of anilines is 1. The Balaban J connectivity index is 1.19. The van der Waals surface area contributed by atoms with Gasteiger partial charge in [-0.05, 0) is 74.0 Å². The molecule has 2 aliphatic rings. The maximum atomic E-state index is 13.3. The van der Waals surface area contributed by atoms with Crippen LogP contribution in [0.2, 0.25) is 0 Å². The number of benzene rings is 2. The lowest BCUT2D eigenvalue weighted by atomic mass is 10.1. The van der Waals surface area contributed by atoms with Crippen LogP contribution < -0.4 is 10.1 Å². The number of nitrogens with one attached hydrogen (secondary N) is 1. The summed E-state index contributed by atoms with van der Waals surface area (Å²) in [6.07, 6.45) is 8.45. The molecule has 6 rings (SSSR count). The van der Waals surface area contributed by atoms with Crippen LogP contribution in [0.5, 0.6) is 11.5 Å². The van der Waals surface area contributed by atoms with Crippen LogP contribution >= 0.6 is 0 Å². The third kappa shape index (κ3) is 6.06. The zero-order valence-electron chi connectivity index (χ0n) is 23.9. The third-order valence-electron chi connectivity index (χ3n) is 7.91. The first-order valence-electron chi connectivity index (χ1n) is 14.1. The van der Waals surface area contributed by atoms with Crippen LogP contribution in [-0.2, 0) is 13.0 Å². The molecule has 3 heterocycles. The molecule has 1 N–H and O–H groups in total. The van der Waals surface area contributed by atoms with E-state index in [9.17, 15) is 4.79 Å². The number of fused-ring (bicyclic) bond motifs is 1. The van der Waals surface area contributed by atoms with E-state index in [1.54, 1.807) is 12.4 Å². The number of piperazine rings is 1. The molecular formula is C34H35N5O2. The topological polar surface area (TPSA) is 70.6 Å². The van der Waals surface area contributed by atoms with Gasteiger partial charge in [0.1, 0.15) is 11.5 Å². The number of likely N-dealkylation sites (N-methyl/N-ethyl adjacent to an activating group) is 1. The first-order valence-corrected chi connectivity index (χ1v) is 14.1. The van der Waals surface area contributed by atoms with Crippen molar-refractivity contribution in [1.29, 1.82) is 0 Å². The molecule has 1 fully saturated rings. The van der Waals surface area contributed by atoms with Gasteiger partial charge in [-0.1, -0.05) is 24.3 Å². The van der Waals surface area contributed by atoms with Crippen molar-refractivity contribution < 1.29 is 9.53 Å². The van der Waals surface area contributed by atoms with E-state index >= 15 is 0 Å². The van der Waals surface area contributed by atoms with Crippen molar-refractivity contribution in [3.63, 3.8) is 0 Å². The van der Waals surface area contributed by atoms with Crippen molar-refractivity contribution in [2.24, 2.45) is 0 Å². The van der Waals surface area contributed by atoms with Gasteiger partial charge < -0.3 is 15.0 Å². The number of rotatable bonds is 7. The van der Waals surface area contributed by atoms with Gasteiger partial charge in [-0.3, -0.25) is 19.7 Å². The fraction of sp³-hybridized carbons (Fsp3) is 0.265. The molecule has 4 aromatic rings. The summed E-state index contributed by atoms with van der Waals surface area (Å²) in [6, 6.07) is 17.6. The quantitative estimate of drug-likeness (QED) is 0.302. The molecular weight excluding hydrogens is 510 g/mol. The molecule has 0 saturated carbocycles. The SMILES string of the molecule is Cc1cc(NC(=O)c2ccc(C)c(Oc3cc(-c4cccnc4)nc4c3C=CC4)c2)ccc1CN1CCN(C)CC1. The molecule has 0 spiro atoms. The van der Waals surface area contributed by atoms with E-state index in [1.807, 2.05) is 55.5 Å². The smallest absolute Gasteiger partial charge is 0.255 e. The van der Waals surface area contributed by atoms with Gasteiger partial charge in [-0.25, -0.2) is 0 Å². The van der Waals surface area contributed by atoms with Crippen LogP contribution in [0, 0.1) is 13.8 Å². The van der Waals surface area contributed by atoms with E-state index in [4.69, 9.17) is 9.72 Å². The second-order valence-corrected chi connectivity index (χ2v) is 11.0. The summed E-state index contributed by atoms with van der Waals surface area (Å²) in [5, 5.41) is 3.08. The first kappa shape index (κ1) is 26.9. The molecule has 1 saturated heterocycles. The number of hydrogen-bond acceptors (Lipinski definition) is 6. The number of pyridine rings is 2. The monoisotopic (exact) mass is 545 g/mol. The molecule has 41 heavy (non-hydrogen) atoms.